The summed E-state index contributed by atoms with van der Waals surface area (Å²) in [7, 11) is 0. The van der Waals surface area contributed by atoms with Crippen molar-refractivity contribution in [3.05, 3.63) is 50.5 Å². The first-order valence-corrected chi connectivity index (χ1v) is 7.52. The van der Waals surface area contributed by atoms with E-state index in [-0.39, 0.29) is 5.56 Å². The fourth-order valence-corrected chi connectivity index (χ4v) is 3.39. The zero-order valence-corrected chi connectivity index (χ0v) is 12.4. The summed E-state index contributed by atoms with van der Waals surface area (Å²) in [6.07, 6.45) is 0. The molecule has 0 radical (unpaired) electrons. The molecule has 20 heavy (non-hydrogen) atoms. The average molecular weight is 347 g/mol. The molecule has 4 rings (SSSR count). The third-order valence-corrected chi connectivity index (χ3v) is 4.46. The molecule has 1 aromatic carbocycles. The second kappa shape index (κ2) is 4.26. The zero-order valence-electron chi connectivity index (χ0n) is 10.0. The van der Waals surface area contributed by atoms with Crippen LogP contribution in [0.15, 0.2) is 45.0 Å². The number of hydrogen-bond acceptors (Lipinski definition) is 4. The van der Waals surface area contributed by atoms with E-state index < -0.39 is 0 Å². The molecular formula is C13H7BrN4OS. The molecule has 5 nitrogen and oxygen atoms in total. The van der Waals surface area contributed by atoms with Gasteiger partial charge in [-0.1, -0.05) is 28.1 Å². The lowest BCUT2D eigenvalue weighted by Gasteiger charge is -2.02. The number of fused-ring (bicyclic) bond motifs is 3. The van der Waals surface area contributed by atoms with Gasteiger partial charge in [-0.3, -0.25) is 14.2 Å². The van der Waals surface area contributed by atoms with Crippen molar-refractivity contribution in [2.75, 3.05) is 0 Å². The van der Waals surface area contributed by atoms with Gasteiger partial charge in [0.15, 0.2) is 5.82 Å². The summed E-state index contributed by atoms with van der Waals surface area (Å²) in [6.45, 7) is 0. The van der Waals surface area contributed by atoms with Crippen LogP contribution in [0, 0.1) is 0 Å². The maximum Gasteiger partial charge on any atom is 0.270 e. The Balaban J connectivity index is 2.16. The Labute approximate surface area is 125 Å². The van der Waals surface area contributed by atoms with Crippen molar-refractivity contribution in [2.45, 2.75) is 0 Å². The van der Waals surface area contributed by atoms with Crippen molar-refractivity contribution in [1.29, 1.82) is 0 Å². The Morgan fingerprint density at radius 3 is 3.00 bits per heavy atom. The first-order chi connectivity index (χ1) is 9.74. The summed E-state index contributed by atoms with van der Waals surface area (Å²) in [4.78, 5) is 14.7. The van der Waals surface area contributed by atoms with Crippen LogP contribution in [-0.2, 0) is 0 Å². The molecule has 0 atom stereocenters. The first-order valence-electron chi connectivity index (χ1n) is 5.84. The highest BCUT2D eigenvalue weighted by Gasteiger charge is 2.14. The number of hydrogen-bond donors (Lipinski definition) is 1. The minimum absolute atomic E-state index is 0.129. The summed E-state index contributed by atoms with van der Waals surface area (Å²) >= 11 is 4.86. The summed E-state index contributed by atoms with van der Waals surface area (Å²) < 4.78 is 3.51. The number of aromatic nitrogens is 4. The maximum absolute atomic E-state index is 11.9. The summed E-state index contributed by atoms with van der Waals surface area (Å²) in [5, 5.41) is 10.2. The molecular weight excluding hydrogens is 340 g/mol. The molecule has 0 saturated heterocycles. The van der Waals surface area contributed by atoms with E-state index in [2.05, 4.69) is 31.1 Å². The second-order valence-electron chi connectivity index (χ2n) is 4.28. The minimum atomic E-state index is -0.129. The van der Waals surface area contributed by atoms with Crippen LogP contribution in [0.1, 0.15) is 0 Å². The van der Waals surface area contributed by atoms with Crippen molar-refractivity contribution in [3.8, 4) is 11.4 Å². The predicted octanol–water partition coefficient (Wildman–Crippen LogP) is 3.06. The van der Waals surface area contributed by atoms with E-state index >= 15 is 0 Å². The average Bonchev–Trinajstić information content (AvgIpc) is 3.04. The van der Waals surface area contributed by atoms with E-state index in [0.29, 0.717) is 16.3 Å². The SMILES string of the molecule is O=c1[nH]c2nnc(-c3cccc(Br)c3)n2c2ccsc12. The third-order valence-electron chi connectivity index (χ3n) is 3.06. The number of halogens is 1. The maximum atomic E-state index is 11.9. The highest BCUT2D eigenvalue weighted by Crippen LogP contribution is 2.25. The number of nitrogens with one attached hydrogen (secondary N) is 1. The molecule has 0 bridgehead atoms. The van der Waals surface area contributed by atoms with Crippen LogP contribution < -0.4 is 5.56 Å². The number of benzene rings is 1. The van der Waals surface area contributed by atoms with Crippen LogP contribution in [0.2, 0.25) is 0 Å². The molecule has 0 aliphatic carbocycles. The van der Waals surface area contributed by atoms with Gasteiger partial charge in [0, 0.05) is 10.0 Å². The Hall–Kier alpha value is -1.99. The molecule has 1 N–H and O–H groups in total. The van der Waals surface area contributed by atoms with Crippen LogP contribution in [0.3, 0.4) is 0 Å². The highest BCUT2D eigenvalue weighted by molar-refractivity contribution is 9.10. The normalized spacial score (nSPS) is 11.4. The van der Waals surface area contributed by atoms with Gasteiger partial charge in [0.25, 0.3) is 5.56 Å². The van der Waals surface area contributed by atoms with Gasteiger partial charge in [-0.15, -0.1) is 21.5 Å². The highest BCUT2D eigenvalue weighted by atomic mass is 79.9. The summed E-state index contributed by atoms with van der Waals surface area (Å²) in [5.41, 5.74) is 1.64. The number of nitrogens with zero attached hydrogens (tertiary/aromatic N) is 3. The Kier molecular flexibility index (Phi) is 2.51. The topological polar surface area (TPSA) is 63.0 Å². The lowest BCUT2D eigenvalue weighted by atomic mass is 10.2. The van der Waals surface area contributed by atoms with E-state index in [1.807, 2.05) is 40.1 Å². The summed E-state index contributed by atoms with van der Waals surface area (Å²) in [6, 6.07) is 9.74. The molecule has 0 aliphatic heterocycles. The van der Waals surface area contributed by atoms with Crippen molar-refractivity contribution in [1.82, 2.24) is 19.6 Å². The van der Waals surface area contributed by atoms with Gasteiger partial charge >= 0.3 is 0 Å². The molecule has 0 fully saturated rings. The fourth-order valence-electron chi connectivity index (χ4n) is 2.21. The quantitative estimate of drug-likeness (QED) is 0.576. The molecule has 7 heteroatoms. The Morgan fingerprint density at radius 1 is 1.25 bits per heavy atom. The Morgan fingerprint density at radius 2 is 2.15 bits per heavy atom. The molecule has 98 valence electrons. The van der Waals surface area contributed by atoms with E-state index in [9.17, 15) is 4.79 Å². The molecule has 4 aromatic rings. The van der Waals surface area contributed by atoms with Gasteiger partial charge in [-0.05, 0) is 23.6 Å². The van der Waals surface area contributed by atoms with Crippen LogP contribution in [0.25, 0.3) is 27.4 Å². The minimum Gasteiger partial charge on any atom is -0.289 e. The van der Waals surface area contributed by atoms with Crippen LogP contribution in [-0.4, -0.2) is 19.6 Å². The van der Waals surface area contributed by atoms with E-state index in [1.165, 1.54) is 11.3 Å². The predicted molar refractivity (Wildman–Crippen MR) is 82.1 cm³/mol. The number of aromatic amines is 1. The van der Waals surface area contributed by atoms with Gasteiger partial charge in [0.1, 0.15) is 4.70 Å². The van der Waals surface area contributed by atoms with Gasteiger partial charge < -0.3 is 0 Å². The standard InChI is InChI=1S/C13H7BrN4OS/c14-8-3-1-2-7(6-8)11-16-17-13-15-12(19)10-9(18(11)13)4-5-20-10/h1-6H,(H,15,17,19). The molecule has 3 aromatic heterocycles. The fraction of sp³-hybridized carbons (Fsp3) is 0. The molecule has 3 heterocycles. The van der Waals surface area contributed by atoms with E-state index in [1.54, 1.807) is 0 Å². The smallest absolute Gasteiger partial charge is 0.270 e. The van der Waals surface area contributed by atoms with Crippen molar-refractivity contribution in [3.63, 3.8) is 0 Å². The van der Waals surface area contributed by atoms with Crippen molar-refractivity contribution >= 4 is 43.3 Å². The van der Waals surface area contributed by atoms with Crippen LogP contribution in [0.5, 0.6) is 0 Å². The largest absolute Gasteiger partial charge is 0.289 e. The molecule has 0 aliphatic rings. The number of rotatable bonds is 1. The van der Waals surface area contributed by atoms with E-state index in [4.69, 9.17) is 0 Å². The van der Waals surface area contributed by atoms with Gasteiger partial charge in [0.2, 0.25) is 5.78 Å². The number of thiophene rings is 1. The molecule has 0 unspecified atom stereocenters. The molecule has 0 amide bonds. The van der Waals surface area contributed by atoms with Crippen LogP contribution >= 0.6 is 27.3 Å². The van der Waals surface area contributed by atoms with Crippen molar-refractivity contribution < 1.29 is 0 Å². The first kappa shape index (κ1) is 11.8. The van der Waals surface area contributed by atoms with Gasteiger partial charge in [0.05, 0.1) is 5.52 Å². The summed E-state index contributed by atoms with van der Waals surface area (Å²) in [5.74, 6) is 1.16. The van der Waals surface area contributed by atoms with Crippen LogP contribution in [0.4, 0.5) is 0 Å². The Bertz CT molecular complexity index is 1000. The molecule has 0 spiro atoms. The van der Waals surface area contributed by atoms with Gasteiger partial charge in [-0.2, -0.15) is 0 Å². The number of H-pyrrole nitrogens is 1. The lowest BCUT2D eigenvalue weighted by Crippen LogP contribution is -2.08. The third kappa shape index (κ3) is 1.63. The lowest BCUT2D eigenvalue weighted by molar-refractivity contribution is 1.09. The van der Waals surface area contributed by atoms with E-state index in [0.717, 1.165) is 15.6 Å². The van der Waals surface area contributed by atoms with Crippen molar-refractivity contribution in [2.24, 2.45) is 0 Å². The van der Waals surface area contributed by atoms with Gasteiger partial charge in [-0.25, -0.2) is 0 Å². The second-order valence-corrected chi connectivity index (χ2v) is 6.11. The molecule has 0 saturated carbocycles. The zero-order chi connectivity index (χ0) is 13.7. The monoisotopic (exact) mass is 346 g/mol.